The van der Waals surface area contributed by atoms with Crippen LogP contribution in [0, 0.1) is 11.3 Å². The number of allylic oxidation sites excluding steroid dienone is 1. The van der Waals surface area contributed by atoms with Crippen LogP contribution in [0.25, 0.3) is 16.8 Å². The summed E-state index contributed by atoms with van der Waals surface area (Å²) in [6.07, 6.45) is 1.52. The fraction of sp³-hybridized carbons (Fsp3) is 0.0526. The molecule has 0 bridgehead atoms. The summed E-state index contributed by atoms with van der Waals surface area (Å²) in [5.74, 6) is 1.36. The van der Waals surface area contributed by atoms with Crippen molar-refractivity contribution in [2.45, 2.75) is 4.90 Å². The average Bonchev–Trinajstić information content (AvgIpc) is 3.37. The first-order valence-electron chi connectivity index (χ1n) is 8.29. The van der Waals surface area contributed by atoms with Crippen molar-refractivity contribution in [2.24, 2.45) is 5.14 Å². The van der Waals surface area contributed by atoms with Crippen molar-refractivity contribution in [3.8, 4) is 28.8 Å². The number of ether oxygens (including phenoxy) is 2. The van der Waals surface area contributed by atoms with Crippen LogP contribution in [-0.2, 0) is 10.0 Å². The summed E-state index contributed by atoms with van der Waals surface area (Å²) in [5, 5.41) is 19.9. The Bertz CT molecular complexity index is 1240. The summed E-state index contributed by atoms with van der Waals surface area (Å²) >= 11 is 1.34. The molecule has 0 radical (unpaired) electrons. The molecular formula is C19H14N4O4S2. The second-order valence-electron chi connectivity index (χ2n) is 5.99. The normalized spacial score (nSPS) is 13.2. The molecular weight excluding hydrogens is 412 g/mol. The third-order valence-electron chi connectivity index (χ3n) is 4.09. The van der Waals surface area contributed by atoms with E-state index < -0.39 is 10.0 Å². The lowest BCUT2D eigenvalue weighted by molar-refractivity contribution is 0.174. The van der Waals surface area contributed by atoms with Gasteiger partial charge in [0.1, 0.15) is 16.6 Å². The summed E-state index contributed by atoms with van der Waals surface area (Å²) in [6, 6.07) is 13.6. The fourth-order valence-corrected chi connectivity index (χ4v) is 3.93. The number of primary sulfonamides is 1. The smallest absolute Gasteiger partial charge is 0.238 e. The maximum atomic E-state index is 11.3. The topological polar surface area (TPSA) is 127 Å². The molecule has 146 valence electrons. The van der Waals surface area contributed by atoms with Gasteiger partial charge in [-0.25, -0.2) is 18.5 Å². The second-order valence-corrected chi connectivity index (χ2v) is 8.41. The molecule has 1 aromatic heterocycles. The van der Waals surface area contributed by atoms with Crippen molar-refractivity contribution in [2.75, 3.05) is 12.1 Å². The Morgan fingerprint density at radius 3 is 2.69 bits per heavy atom. The number of hydrogen-bond acceptors (Lipinski definition) is 8. The molecule has 29 heavy (non-hydrogen) atoms. The number of sulfonamides is 1. The molecule has 3 N–H and O–H groups in total. The van der Waals surface area contributed by atoms with E-state index >= 15 is 0 Å². The third-order valence-corrected chi connectivity index (χ3v) is 5.89. The molecule has 0 atom stereocenters. The van der Waals surface area contributed by atoms with Gasteiger partial charge in [-0.05, 0) is 42.5 Å². The van der Waals surface area contributed by atoms with E-state index in [0.29, 0.717) is 27.8 Å². The second kappa shape index (κ2) is 7.56. The molecule has 0 amide bonds. The Hall–Kier alpha value is -3.39. The lowest BCUT2D eigenvalue weighted by atomic mass is 10.1. The number of hydrogen-bond donors (Lipinski definition) is 2. The molecule has 10 heteroatoms. The van der Waals surface area contributed by atoms with Crippen molar-refractivity contribution in [1.29, 1.82) is 5.26 Å². The number of anilines is 1. The molecule has 3 aromatic rings. The number of nitrogens with zero attached hydrogens (tertiary/aromatic N) is 2. The van der Waals surface area contributed by atoms with Crippen LogP contribution >= 0.6 is 11.3 Å². The van der Waals surface area contributed by atoms with Gasteiger partial charge in [0, 0.05) is 22.8 Å². The van der Waals surface area contributed by atoms with Crippen molar-refractivity contribution < 1.29 is 17.9 Å². The zero-order chi connectivity index (χ0) is 20.4. The minimum absolute atomic E-state index is 0.0147. The minimum atomic E-state index is -3.75. The van der Waals surface area contributed by atoms with Gasteiger partial charge in [0.2, 0.25) is 16.8 Å². The molecule has 0 fully saturated rings. The van der Waals surface area contributed by atoms with E-state index in [1.54, 1.807) is 12.1 Å². The highest BCUT2D eigenvalue weighted by Crippen LogP contribution is 2.36. The molecule has 1 aliphatic rings. The number of aromatic nitrogens is 1. The first-order valence-corrected chi connectivity index (χ1v) is 10.7. The lowest BCUT2D eigenvalue weighted by Crippen LogP contribution is -2.11. The van der Waals surface area contributed by atoms with E-state index in [4.69, 9.17) is 14.6 Å². The summed E-state index contributed by atoms with van der Waals surface area (Å²) < 4.78 is 33.3. The average molecular weight is 426 g/mol. The van der Waals surface area contributed by atoms with E-state index in [1.807, 2.05) is 23.6 Å². The maximum absolute atomic E-state index is 11.3. The Kier molecular flexibility index (Phi) is 4.94. The van der Waals surface area contributed by atoms with Crippen LogP contribution in [0.4, 0.5) is 5.69 Å². The number of benzene rings is 2. The highest BCUT2D eigenvalue weighted by atomic mass is 32.2. The Balaban J connectivity index is 1.53. The number of fused-ring (bicyclic) bond motifs is 1. The number of thiazole rings is 1. The number of nitrogens with two attached hydrogens (primary N) is 1. The quantitative estimate of drug-likeness (QED) is 0.600. The predicted molar refractivity (Wildman–Crippen MR) is 109 cm³/mol. The van der Waals surface area contributed by atoms with Crippen molar-refractivity contribution in [1.82, 2.24) is 4.98 Å². The van der Waals surface area contributed by atoms with Gasteiger partial charge < -0.3 is 14.8 Å². The fourth-order valence-electron chi connectivity index (χ4n) is 2.62. The summed E-state index contributed by atoms with van der Waals surface area (Å²) in [5.41, 5.74) is 2.54. The maximum Gasteiger partial charge on any atom is 0.238 e. The standard InChI is InChI=1S/C19H14N4O4S2/c20-8-13(9-22-14-2-4-15(5-3-14)29(21,24)25)19-23-16(10-28-19)12-1-6-17-18(7-12)27-11-26-17/h1-7,9-10,22H,11H2,(H2,21,24,25)/b13-9+. The van der Waals surface area contributed by atoms with E-state index in [0.717, 1.165) is 11.3 Å². The zero-order valence-corrected chi connectivity index (χ0v) is 16.5. The van der Waals surface area contributed by atoms with Crippen LogP contribution in [-0.4, -0.2) is 20.2 Å². The van der Waals surface area contributed by atoms with Crippen LogP contribution in [0.3, 0.4) is 0 Å². The van der Waals surface area contributed by atoms with Crippen LogP contribution in [0.5, 0.6) is 11.5 Å². The van der Waals surface area contributed by atoms with E-state index in [2.05, 4.69) is 16.4 Å². The van der Waals surface area contributed by atoms with Gasteiger partial charge in [0.15, 0.2) is 11.5 Å². The highest BCUT2D eigenvalue weighted by molar-refractivity contribution is 7.89. The molecule has 0 aliphatic carbocycles. The first kappa shape index (κ1) is 18.9. The zero-order valence-electron chi connectivity index (χ0n) is 14.8. The Morgan fingerprint density at radius 2 is 1.97 bits per heavy atom. The number of nitrogens with one attached hydrogen (secondary N) is 1. The van der Waals surface area contributed by atoms with Crippen molar-refractivity contribution in [3.63, 3.8) is 0 Å². The van der Waals surface area contributed by atoms with Gasteiger partial charge in [0.05, 0.1) is 10.6 Å². The van der Waals surface area contributed by atoms with Gasteiger partial charge in [-0.15, -0.1) is 11.3 Å². The molecule has 2 heterocycles. The minimum Gasteiger partial charge on any atom is -0.454 e. The predicted octanol–water partition coefficient (Wildman–Crippen LogP) is 3.16. The highest BCUT2D eigenvalue weighted by Gasteiger charge is 2.16. The Morgan fingerprint density at radius 1 is 1.21 bits per heavy atom. The van der Waals surface area contributed by atoms with Gasteiger partial charge in [-0.2, -0.15) is 5.26 Å². The van der Waals surface area contributed by atoms with Crippen LogP contribution in [0.1, 0.15) is 5.01 Å². The lowest BCUT2D eigenvalue weighted by Gasteiger charge is -2.03. The molecule has 1 aliphatic heterocycles. The monoisotopic (exact) mass is 426 g/mol. The molecule has 0 spiro atoms. The van der Waals surface area contributed by atoms with E-state index in [-0.39, 0.29) is 11.7 Å². The molecule has 0 unspecified atom stereocenters. The molecule has 4 rings (SSSR count). The summed E-state index contributed by atoms with van der Waals surface area (Å²) in [7, 11) is -3.75. The Labute approximate surface area is 170 Å². The summed E-state index contributed by atoms with van der Waals surface area (Å²) in [4.78, 5) is 4.55. The van der Waals surface area contributed by atoms with Crippen LogP contribution in [0.15, 0.2) is 58.9 Å². The largest absolute Gasteiger partial charge is 0.454 e. The number of rotatable bonds is 5. The number of nitriles is 1. The van der Waals surface area contributed by atoms with Crippen LogP contribution < -0.4 is 19.9 Å². The van der Waals surface area contributed by atoms with Gasteiger partial charge in [-0.1, -0.05) is 0 Å². The summed E-state index contributed by atoms with van der Waals surface area (Å²) in [6.45, 7) is 0.201. The van der Waals surface area contributed by atoms with Crippen LogP contribution in [0.2, 0.25) is 0 Å². The van der Waals surface area contributed by atoms with Crippen molar-refractivity contribution >= 4 is 32.6 Å². The van der Waals surface area contributed by atoms with Crippen molar-refractivity contribution in [3.05, 3.63) is 59.1 Å². The van der Waals surface area contributed by atoms with Gasteiger partial charge in [-0.3, -0.25) is 0 Å². The van der Waals surface area contributed by atoms with Gasteiger partial charge in [0.25, 0.3) is 0 Å². The molecule has 8 nitrogen and oxygen atoms in total. The molecule has 0 saturated carbocycles. The van der Waals surface area contributed by atoms with E-state index in [1.165, 1.54) is 29.7 Å². The molecule has 2 aromatic carbocycles. The molecule has 0 saturated heterocycles. The van der Waals surface area contributed by atoms with Gasteiger partial charge >= 0.3 is 0 Å². The van der Waals surface area contributed by atoms with E-state index in [9.17, 15) is 13.7 Å². The third kappa shape index (κ3) is 4.07. The first-order chi connectivity index (χ1) is 13.9. The SMILES string of the molecule is N#C/C(=C\Nc1ccc(S(N)(=O)=O)cc1)c1nc(-c2ccc3c(c2)OCO3)cs1.